The number of hydrogen-bond acceptors (Lipinski definition) is 5. The van der Waals surface area contributed by atoms with Crippen LogP contribution in [0.4, 0.5) is 0 Å². The number of fused-ring (bicyclic) bond motifs is 4. The van der Waals surface area contributed by atoms with Crippen LogP contribution in [0.3, 0.4) is 0 Å². The van der Waals surface area contributed by atoms with Crippen molar-refractivity contribution in [1.29, 1.82) is 0 Å². The van der Waals surface area contributed by atoms with Gasteiger partial charge in [-0.15, -0.1) is 0 Å². The molecule has 0 bridgehead atoms. The molecule has 1 N–H and O–H groups in total. The third-order valence-electron chi connectivity index (χ3n) is 10.7. The number of benzene rings is 5. The average molecular weight is 1000 g/mol. The normalized spacial score (nSPS) is 12.5. The first-order valence-corrected chi connectivity index (χ1v) is 21.5. The van der Waals surface area contributed by atoms with Gasteiger partial charge in [-0.3, -0.25) is 0 Å². The van der Waals surface area contributed by atoms with E-state index in [1.807, 2.05) is 0 Å². The van der Waals surface area contributed by atoms with Gasteiger partial charge in [0.05, 0.1) is 0 Å². The topological polar surface area (TPSA) is 58.9 Å². The van der Waals surface area contributed by atoms with Crippen molar-refractivity contribution in [2.45, 2.75) is 92.4 Å². The van der Waals surface area contributed by atoms with Crippen LogP contribution in [0.15, 0.2) is 85.2 Å². The van der Waals surface area contributed by atoms with Crippen LogP contribution in [0.1, 0.15) is 90.1 Å². The summed E-state index contributed by atoms with van der Waals surface area (Å²) in [5.41, 5.74) is 14.5. The van der Waals surface area contributed by atoms with Gasteiger partial charge in [-0.2, -0.15) is 0 Å². The Morgan fingerprint density at radius 1 is 0.661 bits per heavy atom. The maximum absolute atomic E-state index is 12.1. The number of hydrogen-bond donors (Lipinski definition) is 1. The van der Waals surface area contributed by atoms with Gasteiger partial charge in [0.15, 0.2) is 0 Å². The molecule has 0 radical (unpaired) electrons. The fourth-order valence-electron chi connectivity index (χ4n) is 7.57. The van der Waals surface area contributed by atoms with Crippen molar-refractivity contribution in [2.24, 2.45) is 0 Å². The zero-order valence-corrected chi connectivity index (χ0v) is 38.8. The summed E-state index contributed by atoms with van der Waals surface area (Å²) in [5, 5.41) is 13.2. The van der Waals surface area contributed by atoms with E-state index in [9.17, 15) is 5.11 Å². The molecule has 0 unspecified atom stereocenters. The van der Waals surface area contributed by atoms with Crippen LogP contribution in [0.5, 0.6) is 5.75 Å². The minimum atomic E-state index is -0.243. The second-order valence-corrected chi connectivity index (χ2v) is 21.1. The molecule has 0 aliphatic rings. The molecular weight excluding hydrogens is 953 g/mol. The van der Waals surface area contributed by atoms with Gasteiger partial charge in [0.2, 0.25) is 0 Å². The van der Waals surface area contributed by atoms with Crippen molar-refractivity contribution in [3.05, 3.63) is 119 Å². The molecule has 0 atom stereocenters. The van der Waals surface area contributed by atoms with Crippen LogP contribution in [0.25, 0.3) is 73.7 Å². The smallest absolute Gasteiger partial charge is 0 e. The molecule has 8 aromatic rings. The number of phenolic OH excluding ortho intramolecular Hbond substituents is 1. The first kappa shape index (κ1) is 40.3. The molecule has 288 valence electrons. The van der Waals surface area contributed by atoms with Crippen molar-refractivity contribution in [2.75, 3.05) is 0 Å². The van der Waals surface area contributed by atoms with E-state index in [2.05, 4.69) is 161 Å². The molecule has 0 aliphatic carbocycles. The minimum Gasteiger partial charge on any atom is 0 e. The van der Waals surface area contributed by atoms with E-state index >= 15 is 0 Å². The van der Waals surface area contributed by atoms with Crippen LogP contribution in [0, 0.1) is 19.9 Å². The number of phenols is 1. The Morgan fingerprint density at radius 2 is 1.30 bits per heavy atom. The molecule has 56 heavy (non-hydrogen) atoms. The molecule has 4 nitrogen and oxygen atoms in total. The van der Waals surface area contributed by atoms with Gasteiger partial charge in [-0.1, -0.05) is 0 Å². The van der Waals surface area contributed by atoms with Crippen LogP contribution >= 0.6 is 11.3 Å². The molecule has 0 saturated heterocycles. The summed E-state index contributed by atoms with van der Waals surface area (Å²) >= 11 is 1.56. The second kappa shape index (κ2) is 14.5. The summed E-state index contributed by atoms with van der Waals surface area (Å²) in [7, 11) is 0. The summed E-state index contributed by atoms with van der Waals surface area (Å²) in [4.78, 5) is 15.2. The van der Waals surface area contributed by atoms with Crippen LogP contribution < -0.4 is 0 Å². The Hall–Kier alpha value is -3.92. The first-order chi connectivity index (χ1) is 25.9. The Labute approximate surface area is 355 Å². The van der Waals surface area contributed by atoms with Crippen molar-refractivity contribution in [3.63, 3.8) is 0 Å². The number of rotatable bonds is 4. The van der Waals surface area contributed by atoms with Gasteiger partial charge in [0.1, 0.15) is 0 Å². The van der Waals surface area contributed by atoms with Crippen LogP contribution in [-0.4, -0.2) is 34.6 Å². The van der Waals surface area contributed by atoms with E-state index in [1.165, 1.54) is 42.3 Å². The molecule has 3 heterocycles. The van der Waals surface area contributed by atoms with Gasteiger partial charge >= 0.3 is 337 Å². The van der Waals surface area contributed by atoms with Gasteiger partial charge in [0, 0.05) is 21.1 Å². The van der Waals surface area contributed by atoms with Gasteiger partial charge in [-0.25, -0.2) is 0 Å². The molecule has 0 aliphatic heterocycles. The van der Waals surface area contributed by atoms with Crippen LogP contribution in [-0.2, 0) is 37.3 Å². The molecule has 7 heteroatoms. The fraction of sp³-hybridized carbons (Fsp3) is 0.286. The molecule has 0 saturated carbocycles. The van der Waals surface area contributed by atoms with Crippen molar-refractivity contribution < 1.29 is 26.2 Å². The van der Waals surface area contributed by atoms with Gasteiger partial charge < -0.3 is 0 Å². The number of nitrogens with zero attached hydrogens (tertiary/aromatic N) is 3. The Morgan fingerprint density at radius 3 is 1.98 bits per heavy atom. The fourth-order valence-corrected chi connectivity index (χ4v) is 11.1. The number of thiophene rings is 1. The largest absolute Gasteiger partial charge is 0 e. The summed E-state index contributed by atoms with van der Waals surface area (Å²) < 4.78 is 4.45. The standard InChI is InChI=1S/C49H48N3OSSe.Pt/c1-27-15-14-16-28(2)39(27)35-20-19-33(42-45(35)55-46(52-42)36-24-32(48(6,7)8)25-37(43(36)53)49(9,10)11)29-21-30(23-31(22-29)47(3,4)5)40-44-41(51-26-50-40)34-17-12-13-18-38(34)54-44;/h12-20,22-26,53H,1-11H3;/q-1;. The van der Waals surface area contributed by atoms with E-state index in [1.54, 1.807) is 17.7 Å². The third-order valence-corrected chi connectivity index (χ3v) is 14.3. The van der Waals surface area contributed by atoms with Crippen molar-refractivity contribution in [3.8, 4) is 49.4 Å². The molecule has 0 fully saturated rings. The van der Waals surface area contributed by atoms with Gasteiger partial charge in [0.25, 0.3) is 0 Å². The number of aromatic hydroxyl groups is 1. The summed E-state index contributed by atoms with van der Waals surface area (Å²) in [6, 6.07) is 32.3. The maximum atomic E-state index is 12.1. The third kappa shape index (κ3) is 7.13. The summed E-state index contributed by atoms with van der Waals surface area (Å²) in [6.07, 6.45) is 1.69. The molecule has 0 spiro atoms. The van der Waals surface area contributed by atoms with Gasteiger partial charge in [-0.05, 0) is 0 Å². The average Bonchev–Trinajstić information content (AvgIpc) is 3.73. The SMILES string of the molecule is Cc1cccc(C)c1-c1ccc(-c2[c-]c(-c3ncnc4c3sc3ccccc34)cc(C(C)(C)C)c2)c2nc(-c3cc(C(C)(C)C)cc(C(C)(C)C)c3O)[se]c12.[Pt]. The molecule has 3 aromatic heterocycles. The number of aromatic nitrogens is 3. The minimum absolute atomic E-state index is 0. The molecule has 0 amide bonds. The monoisotopic (exact) mass is 1000 g/mol. The molecule has 5 aromatic carbocycles. The predicted molar refractivity (Wildman–Crippen MR) is 235 cm³/mol. The quantitative estimate of drug-likeness (QED) is 0.141. The zero-order valence-electron chi connectivity index (χ0n) is 34.0. The predicted octanol–water partition coefficient (Wildman–Crippen LogP) is 13.1. The Kier molecular flexibility index (Phi) is 10.4. The zero-order chi connectivity index (χ0) is 39.2. The van der Waals surface area contributed by atoms with E-state index in [0.29, 0.717) is 5.75 Å². The first-order valence-electron chi connectivity index (χ1n) is 19.0. The van der Waals surface area contributed by atoms with Crippen molar-refractivity contribution >= 4 is 55.9 Å². The second-order valence-electron chi connectivity index (χ2n) is 18.0. The van der Waals surface area contributed by atoms with E-state index in [-0.39, 0.29) is 51.8 Å². The summed E-state index contributed by atoms with van der Waals surface area (Å²) in [5.74, 6) is 0.337. The van der Waals surface area contributed by atoms with Crippen molar-refractivity contribution in [1.82, 2.24) is 15.0 Å². The Bertz CT molecular complexity index is 2790. The molecule has 8 rings (SSSR count). The van der Waals surface area contributed by atoms with E-state index in [0.717, 1.165) is 59.2 Å². The Balaban J connectivity index is 0.00000480. The van der Waals surface area contributed by atoms with E-state index in [4.69, 9.17) is 15.0 Å². The number of aryl methyl sites for hydroxylation is 2. The summed E-state index contributed by atoms with van der Waals surface area (Å²) in [6.45, 7) is 24.4. The molecular formula is C49H48N3OPtSSe-. The maximum Gasteiger partial charge on any atom is 0 e. The van der Waals surface area contributed by atoms with Crippen LogP contribution in [0.2, 0.25) is 0 Å². The van der Waals surface area contributed by atoms with E-state index < -0.39 is 0 Å².